The van der Waals surface area contributed by atoms with Gasteiger partial charge in [0, 0.05) is 45.8 Å². The zero-order valence-corrected chi connectivity index (χ0v) is 24.0. The van der Waals surface area contributed by atoms with Crippen LogP contribution in [0.4, 0.5) is 17.1 Å². The molecule has 208 valence electrons. The molecule has 0 amide bonds. The summed E-state index contributed by atoms with van der Waals surface area (Å²) in [6, 6.07) is 55.2. The van der Waals surface area contributed by atoms with Gasteiger partial charge in [0.05, 0.1) is 11.0 Å². The second-order valence-electron chi connectivity index (χ2n) is 10.8. The van der Waals surface area contributed by atoms with E-state index in [0.29, 0.717) is 5.95 Å². The lowest BCUT2D eigenvalue weighted by atomic mass is 10.0. The minimum Gasteiger partial charge on any atom is -0.311 e. The average Bonchev–Trinajstić information content (AvgIpc) is 3.44. The molecule has 2 aromatic heterocycles. The van der Waals surface area contributed by atoms with Crippen molar-refractivity contribution in [1.29, 1.82) is 0 Å². The molecule has 4 heteroatoms. The zero-order valence-electron chi connectivity index (χ0n) is 24.0. The highest BCUT2D eigenvalue weighted by Gasteiger charge is 2.16. The Balaban J connectivity index is 1.18. The number of para-hydroxylation sites is 3. The van der Waals surface area contributed by atoms with Gasteiger partial charge in [-0.2, -0.15) is 0 Å². The maximum absolute atomic E-state index is 4.80. The molecule has 2 heterocycles. The van der Waals surface area contributed by atoms with Crippen LogP contribution >= 0.6 is 0 Å². The van der Waals surface area contributed by atoms with Gasteiger partial charge in [0.25, 0.3) is 0 Å². The van der Waals surface area contributed by atoms with Crippen molar-refractivity contribution in [2.45, 2.75) is 0 Å². The molecule has 0 radical (unpaired) electrons. The molecule has 6 aromatic carbocycles. The Hall–Kier alpha value is -6.00. The summed E-state index contributed by atoms with van der Waals surface area (Å²) in [7, 11) is 0. The van der Waals surface area contributed by atoms with Crippen LogP contribution in [0, 0.1) is 0 Å². The fourth-order valence-corrected chi connectivity index (χ4v) is 5.99. The Morgan fingerprint density at radius 2 is 0.886 bits per heavy atom. The van der Waals surface area contributed by atoms with Crippen LogP contribution < -0.4 is 4.90 Å². The first-order chi connectivity index (χ1) is 21.8. The van der Waals surface area contributed by atoms with Crippen LogP contribution in [0.25, 0.3) is 50.0 Å². The van der Waals surface area contributed by atoms with Crippen molar-refractivity contribution in [3.63, 3.8) is 0 Å². The molecular weight excluding hydrogens is 536 g/mol. The van der Waals surface area contributed by atoms with Crippen molar-refractivity contribution in [2.24, 2.45) is 0 Å². The van der Waals surface area contributed by atoms with Crippen molar-refractivity contribution in [2.75, 3.05) is 4.90 Å². The standard InChI is InChI=1S/C40H28N4/c1-4-12-29(13-5-1)32-27-41-40(42-28-32)44-38-19-11-10-18-36(38)37-26-31(22-25-39(37)44)30-20-23-35(24-21-30)43(33-14-6-2-7-15-33)34-16-8-3-9-17-34/h1-28H. The third-order valence-electron chi connectivity index (χ3n) is 8.11. The molecule has 0 aliphatic heterocycles. The SMILES string of the molecule is c1ccc(-c2cnc(-n3c4ccccc4c4cc(-c5ccc(N(c6ccccc6)c6ccccc6)cc5)ccc43)nc2)cc1. The number of hydrogen-bond donors (Lipinski definition) is 0. The molecule has 0 fully saturated rings. The van der Waals surface area contributed by atoms with Gasteiger partial charge in [-0.1, -0.05) is 103 Å². The van der Waals surface area contributed by atoms with E-state index in [2.05, 4.69) is 149 Å². The van der Waals surface area contributed by atoms with Crippen LogP contribution in [0.2, 0.25) is 0 Å². The van der Waals surface area contributed by atoms with Gasteiger partial charge in [-0.15, -0.1) is 0 Å². The lowest BCUT2D eigenvalue weighted by Gasteiger charge is -2.25. The van der Waals surface area contributed by atoms with E-state index in [4.69, 9.17) is 9.97 Å². The fourth-order valence-electron chi connectivity index (χ4n) is 5.99. The van der Waals surface area contributed by atoms with Crippen molar-refractivity contribution >= 4 is 38.9 Å². The molecule has 8 aromatic rings. The van der Waals surface area contributed by atoms with E-state index < -0.39 is 0 Å². The fraction of sp³-hybridized carbons (Fsp3) is 0. The van der Waals surface area contributed by atoms with Gasteiger partial charge in [-0.25, -0.2) is 9.97 Å². The average molecular weight is 565 g/mol. The molecule has 0 aliphatic rings. The zero-order chi connectivity index (χ0) is 29.3. The van der Waals surface area contributed by atoms with Gasteiger partial charge in [-0.3, -0.25) is 4.57 Å². The first-order valence-corrected chi connectivity index (χ1v) is 14.8. The van der Waals surface area contributed by atoms with Gasteiger partial charge in [0.1, 0.15) is 0 Å². The predicted molar refractivity (Wildman–Crippen MR) is 182 cm³/mol. The summed E-state index contributed by atoms with van der Waals surface area (Å²) in [6.07, 6.45) is 3.81. The maximum Gasteiger partial charge on any atom is 0.234 e. The number of rotatable bonds is 6. The van der Waals surface area contributed by atoms with Gasteiger partial charge < -0.3 is 4.90 Å². The molecule has 0 saturated carbocycles. The minimum atomic E-state index is 0.662. The lowest BCUT2D eigenvalue weighted by molar-refractivity contribution is 0.990. The minimum absolute atomic E-state index is 0.662. The highest BCUT2D eigenvalue weighted by Crippen LogP contribution is 2.37. The largest absolute Gasteiger partial charge is 0.311 e. The molecular formula is C40H28N4. The summed E-state index contributed by atoms with van der Waals surface area (Å²) in [4.78, 5) is 11.9. The quantitative estimate of drug-likeness (QED) is 0.201. The Labute approximate surface area is 256 Å². The summed E-state index contributed by atoms with van der Waals surface area (Å²) in [5.74, 6) is 0.662. The molecule has 0 bridgehead atoms. The van der Waals surface area contributed by atoms with E-state index in [1.54, 1.807) is 0 Å². The van der Waals surface area contributed by atoms with E-state index in [-0.39, 0.29) is 0 Å². The van der Waals surface area contributed by atoms with Crippen molar-refractivity contribution in [3.8, 4) is 28.2 Å². The number of anilines is 3. The first kappa shape index (κ1) is 25.7. The third-order valence-corrected chi connectivity index (χ3v) is 8.11. The van der Waals surface area contributed by atoms with Gasteiger partial charge in [-0.05, 0) is 71.3 Å². The molecule has 0 atom stereocenters. The van der Waals surface area contributed by atoms with Crippen LogP contribution in [0.1, 0.15) is 0 Å². The lowest BCUT2D eigenvalue weighted by Crippen LogP contribution is -2.09. The topological polar surface area (TPSA) is 34.0 Å². The summed E-state index contributed by atoms with van der Waals surface area (Å²) >= 11 is 0. The van der Waals surface area contributed by atoms with Crippen molar-refractivity contribution in [1.82, 2.24) is 14.5 Å². The second kappa shape index (κ2) is 11.0. The maximum atomic E-state index is 4.80. The summed E-state index contributed by atoms with van der Waals surface area (Å²) in [5.41, 5.74) is 9.96. The molecule has 4 nitrogen and oxygen atoms in total. The van der Waals surface area contributed by atoms with E-state index >= 15 is 0 Å². The normalized spacial score (nSPS) is 11.2. The Bertz CT molecular complexity index is 2150. The van der Waals surface area contributed by atoms with E-state index in [1.807, 2.05) is 30.6 Å². The third kappa shape index (κ3) is 4.59. The molecule has 0 unspecified atom stereocenters. The highest BCUT2D eigenvalue weighted by atomic mass is 15.2. The smallest absolute Gasteiger partial charge is 0.234 e. The number of hydrogen-bond acceptors (Lipinski definition) is 3. The second-order valence-corrected chi connectivity index (χ2v) is 10.8. The van der Waals surface area contributed by atoms with Crippen LogP contribution in [-0.4, -0.2) is 14.5 Å². The Kier molecular flexibility index (Phi) is 6.43. The molecule has 0 N–H and O–H groups in total. The van der Waals surface area contributed by atoms with Gasteiger partial charge >= 0.3 is 0 Å². The number of fused-ring (bicyclic) bond motifs is 3. The van der Waals surface area contributed by atoms with Crippen LogP contribution in [0.15, 0.2) is 170 Å². The Morgan fingerprint density at radius 1 is 0.386 bits per heavy atom. The van der Waals surface area contributed by atoms with Crippen LogP contribution in [-0.2, 0) is 0 Å². The summed E-state index contributed by atoms with van der Waals surface area (Å²) in [5, 5.41) is 2.35. The van der Waals surface area contributed by atoms with E-state index in [1.165, 1.54) is 16.3 Å². The molecule has 0 spiro atoms. The molecule has 0 saturated heterocycles. The predicted octanol–water partition coefficient (Wildman–Crippen LogP) is 10.4. The van der Waals surface area contributed by atoms with Gasteiger partial charge in [0.15, 0.2) is 0 Å². The molecule has 8 rings (SSSR count). The van der Waals surface area contributed by atoms with Crippen LogP contribution in [0.3, 0.4) is 0 Å². The number of benzene rings is 6. The van der Waals surface area contributed by atoms with E-state index in [0.717, 1.165) is 44.8 Å². The van der Waals surface area contributed by atoms with E-state index in [9.17, 15) is 0 Å². The number of aromatic nitrogens is 3. The van der Waals surface area contributed by atoms with Crippen LogP contribution in [0.5, 0.6) is 0 Å². The molecule has 0 aliphatic carbocycles. The monoisotopic (exact) mass is 564 g/mol. The summed E-state index contributed by atoms with van der Waals surface area (Å²) in [6.45, 7) is 0. The van der Waals surface area contributed by atoms with Gasteiger partial charge in [0.2, 0.25) is 5.95 Å². The van der Waals surface area contributed by atoms with Crippen molar-refractivity contribution < 1.29 is 0 Å². The van der Waals surface area contributed by atoms with Crippen molar-refractivity contribution in [3.05, 3.63) is 170 Å². The first-order valence-electron chi connectivity index (χ1n) is 14.8. The Morgan fingerprint density at radius 3 is 1.55 bits per heavy atom. The molecule has 44 heavy (non-hydrogen) atoms. The highest BCUT2D eigenvalue weighted by molar-refractivity contribution is 6.10. The summed E-state index contributed by atoms with van der Waals surface area (Å²) < 4.78 is 2.16. The number of nitrogens with zero attached hydrogens (tertiary/aromatic N) is 4.